The van der Waals surface area contributed by atoms with Crippen LogP contribution in [-0.2, 0) is 95.5 Å². The monoisotopic (exact) mass is 1310 g/mol. The fraction of sp³-hybridized carbons (Fsp3) is 0.778. The molecule has 0 radical (unpaired) electrons. The van der Waals surface area contributed by atoms with Gasteiger partial charge >= 0.3 is 47.8 Å². The number of unbranched alkanes of at least 4 members (excludes halogenated alkanes) is 2. The molecule has 0 saturated heterocycles. The molecule has 10 N–H and O–H groups in total. The number of ether oxygens (including phenoxy) is 6. The largest absolute Gasteiger partial charge is 0.481 e. The number of carbonyl (C=O) groups excluding carboxylic acids is 12. The maximum Gasteiger partial charge on any atom is 0.345 e. The maximum absolute atomic E-state index is 14.0. The molecule has 526 valence electrons. The van der Waals surface area contributed by atoms with Crippen molar-refractivity contribution in [2.75, 3.05) is 6.54 Å². The molecule has 6 amide bonds. The van der Waals surface area contributed by atoms with Gasteiger partial charge in [0, 0.05) is 25.3 Å². The van der Waals surface area contributed by atoms with Crippen molar-refractivity contribution in [1.82, 2.24) is 31.9 Å². The number of carboxylic acid groups (broad SMARTS) is 2. The number of aliphatic carboxylic acids is 2. The molecule has 0 aromatic heterocycles. The van der Waals surface area contributed by atoms with Gasteiger partial charge in [0.1, 0.15) is 36.3 Å². The van der Waals surface area contributed by atoms with E-state index in [0.29, 0.717) is 25.8 Å². The molecule has 92 heavy (non-hydrogen) atoms. The quantitative estimate of drug-likeness (QED) is 0.0240. The third-order valence-corrected chi connectivity index (χ3v) is 14.0. The van der Waals surface area contributed by atoms with E-state index in [1.807, 2.05) is 0 Å². The van der Waals surface area contributed by atoms with Crippen molar-refractivity contribution in [3.63, 3.8) is 0 Å². The first-order valence-corrected chi connectivity index (χ1v) is 31.7. The molecule has 0 aliphatic rings. The zero-order chi connectivity index (χ0) is 71.2. The van der Waals surface area contributed by atoms with E-state index in [2.05, 4.69) is 31.9 Å². The minimum absolute atomic E-state index is 0.0175. The Hall–Kier alpha value is -7.46. The van der Waals surface area contributed by atoms with E-state index in [1.165, 1.54) is 34.6 Å². The van der Waals surface area contributed by atoms with E-state index in [-0.39, 0.29) is 62.2 Å². The Morgan fingerprint density at radius 1 is 0.359 bits per heavy atom. The van der Waals surface area contributed by atoms with Gasteiger partial charge in [-0.15, -0.1) is 0 Å². The fourth-order valence-electron chi connectivity index (χ4n) is 8.56. The highest BCUT2D eigenvalue weighted by Crippen LogP contribution is 2.20. The Morgan fingerprint density at radius 3 is 0.978 bits per heavy atom. The first-order chi connectivity index (χ1) is 42.5. The van der Waals surface area contributed by atoms with Gasteiger partial charge in [-0.2, -0.15) is 0 Å². The van der Waals surface area contributed by atoms with Crippen molar-refractivity contribution in [3.05, 3.63) is 0 Å². The number of esters is 6. The number of hydrogen-bond donors (Lipinski definition) is 9. The molecule has 0 unspecified atom stereocenters. The highest BCUT2D eigenvalue weighted by Gasteiger charge is 2.40. The van der Waals surface area contributed by atoms with Gasteiger partial charge in [0.15, 0.2) is 30.5 Å². The summed E-state index contributed by atoms with van der Waals surface area (Å²) in [6.45, 7) is 30.2. The molecule has 0 bridgehead atoms. The SMILES string of the molecule is CC(C)C[C@@H](OC(=O)[C@@H](NC(=O)[C@@H](OC(=O)[C@@H](C)NC(=O)[C@@H](CC(C)C)OC(=O)[C@@H](NC(=O)[C@@H](OC(=O)[C@@H](C)NC(=O)[C@@H](CC(C)C)OC(=O)[C@@H](N)CCC(=O)NCCCCCC(=O)O)C(C)C)C(C)C)C(C)C)C(C)C)C(=O)N[C@H](C)C(=O)O[C@H](C(=O)O)C(C)C. The molecule has 0 aromatic carbocycles. The first kappa shape index (κ1) is 84.5. The predicted molar refractivity (Wildman–Crippen MR) is 332 cm³/mol. The summed E-state index contributed by atoms with van der Waals surface area (Å²) in [5, 5.41) is 33.3. The van der Waals surface area contributed by atoms with Crippen LogP contribution < -0.4 is 37.6 Å². The molecule has 0 aliphatic carbocycles. The van der Waals surface area contributed by atoms with Gasteiger partial charge in [0.05, 0.1) is 0 Å². The van der Waals surface area contributed by atoms with Gasteiger partial charge in [0.2, 0.25) is 12.0 Å². The standard InChI is InChI=1S/C63H107N7O22/c1-30(2)27-42(87-61(84)41(64)24-25-45(71)65-26-22-20-21-23-46(72)73)52(74)66-38(17)58(81)90-49(35(11)12)55(77)69-47(33(7)8)62(85)88-43(28-31(3)4)53(75)67-39(18)59(82)91-50(36(13)14)56(78)70-48(34(9)10)63(86)89-44(29-32(5)6)54(76)68-40(19)60(83)92-51(37(15)16)57(79)80/h30-44,47-51H,20-29,64H2,1-19H3,(H,65,71)(H,66,74)(H,67,75)(H,68,76)(H,69,77)(H,70,78)(H,72,73)(H,79,80)/t38-,39-,40-,41+,42-,43-,44-,47+,48+,49+,50+,51+/m1/s1. The average molecular weight is 1310 g/mol. The molecule has 29 nitrogen and oxygen atoms in total. The molecule has 0 fully saturated rings. The molecule has 12 atom stereocenters. The summed E-state index contributed by atoms with van der Waals surface area (Å²) in [5.41, 5.74) is 6.02. The molecule has 0 rings (SSSR count). The normalized spacial score (nSPS) is 15.5. The van der Waals surface area contributed by atoms with Gasteiger partial charge < -0.3 is 76.3 Å². The lowest BCUT2D eigenvalue weighted by molar-refractivity contribution is -0.169. The molecule has 29 heteroatoms. The predicted octanol–water partition coefficient (Wildman–Crippen LogP) is 3.31. The highest BCUT2D eigenvalue weighted by atomic mass is 16.6. The van der Waals surface area contributed by atoms with Crippen LogP contribution in [0.15, 0.2) is 0 Å². The van der Waals surface area contributed by atoms with Gasteiger partial charge in [0.25, 0.3) is 29.5 Å². The molecule has 0 aliphatic heterocycles. The Kier molecular flexibility index (Phi) is 38.5. The topological polar surface area (TPSA) is 433 Å². The minimum atomic E-state index is -1.56. The Labute approximate surface area is 541 Å². The molecule has 0 saturated carbocycles. The second kappa shape index (κ2) is 41.9. The zero-order valence-electron chi connectivity index (χ0n) is 57.3. The summed E-state index contributed by atoms with van der Waals surface area (Å²) in [6, 6.07) is -8.33. The summed E-state index contributed by atoms with van der Waals surface area (Å²) < 4.78 is 33.1. The van der Waals surface area contributed by atoms with Crippen molar-refractivity contribution in [3.8, 4) is 0 Å². The zero-order valence-corrected chi connectivity index (χ0v) is 57.3. The van der Waals surface area contributed by atoms with E-state index >= 15 is 0 Å². The van der Waals surface area contributed by atoms with Crippen molar-refractivity contribution in [2.45, 2.75) is 262 Å². The van der Waals surface area contributed by atoms with Crippen LogP contribution in [0.1, 0.15) is 189 Å². The fourth-order valence-corrected chi connectivity index (χ4v) is 8.56. The Morgan fingerprint density at radius 2 is 0.685 bits per heavy atom. The van der Waals surface area contributed by atoms with Crippen LogP contribution in [0.25, 0.3) is 0 Å². The number of hydrogen-bond acceptors (Lipinski definition) is 21. The number of carboxylic acids is 2. The molecular formula is C63H107N7O22. The van der Waals surface area contributed by atoms with Crippen LogP contribution in [0.2, 0.25) is 0 Å². The van der Waals surface area contributed by atoms with E-state index < -0.39 is 180 Å². The van der Waals surface area contributed by atoms with Gasteiger partial charge in [-0.3, -0.25) is 38.4 Å². The lowest BCUT2D eigenvalue weighted by Gasteiger charge is -2.29. The van der Waals surface area contributed by atoms with Crippen LogP contribution in [0.4, 0.5) is 0 Å². The minimum Gasteiger partial charge on any atom is -0.481 e. The van der Waals surface area contributed by atoms with Crippen molar-refractivity contribution in [2.24, 2.45) is 53.1 Å². The third kappa shape index (κ3) is 32.2. The van der Waals surface area contributed by atoms with E-state index in [1.54, 1.807) is 96.9 Å². The first-order valence-electron chi connectivity index (χ1n) is 31.7. The van der Waals surface area contributed by atoms with Crippen LogP contribution in [0.3, 0.4) is 0 Å². The number of carbonyl (C=O) groups is 14. The van der Waals surface area contributed by atoms with Gasteiger partial charge in [-0.05, 0) is 101 Å². The number of nitrogens with one attached hydrogen (secondary N) is 6. The van der Waals surface area contributed by atoms with E-state index in [0.717, 1.165) is 0 Å². The summed E-state index contributed by atoms with van der Waals surface area (Å²) in [6.07, 6.45) is -7.69. The van der Waals surface area contributed by atoms with Crippen molar-refractivity contribution < 1.29 is 106 Å². The van der Waals surface area contributed by atoms with E-state index in [9.17, 15) is 72.2 Å². The average Bonchev–Trinajstić information content (AvgIpc) is 1.13. The number of amides is 6. The van der Waals surface area contributed by atoms with Gasteiger partial charge in [-0.25, -0.2) is 28.8 Å². The van der Waals surface area contributed by atoms with Crippen molar-refractivity contribution >= 4 is 83.2 Å². The molecule has 0 spiro atoms. The molecular weight excluding hydrogens is 1210 g/mol. The maximum atomic E-state index is 14.0. The smallest absolute Gasteiger partial charge is 0.345 e. The van der Waals surface area contributed by atoms with Gasteiger partial charge in [-0.1, -0.05) is 117 Å². The summed E-state index contributed by atoms with van der Waals surface area (Å²) in [7, 11) is 0. The number of rotatable bonds is 43. The summed E-state index contributed by atoms with van der Waals surface area (Å²) >= 11 is 0. The lowest BCUT2D eigenvalue weighted by atomic mass is 10.0. The molecule has 0 aromatic rings. The van der Waals surface area contributed by atoms with Crippen molar-refractivity contribution in [1.29, 1.82) is 0 Å². The summed E-state index contributed by atoms with van der Waals surface area (Å²) in [5.74, 6) is -17.6. The van der Waals surface area contributed by atoms with Crippen LogP contribution >= 0.6 is 0 Å². The van der Waals surface area contributed by atoms with E-state index in [4.69, 9.17) is 39.3 Å². The Bertz CT molecular complexity index is 2480. The van der Waals surface area contributed by atoms with Crippen LogP contribution in [0.5, 0.6) is 0 Å². The summed E-state index contributed by atoms with van der Waals surface area (Å²) in [4.78, 5) is 184. The highest BCUT2D eigenvalue weighted by molar-refractivity contribution is 5.95. The third-order valence-electron chi connectivity index (χ3n) is 14.0. The van der Waals surface area contributed by atoms with Crippen LogP contribution in [0, 0.1) is 47.3 Å². The number of nitrogens with two attached hydrogens (primary N) is 1. The second-order valence-corrected chi connectivity index (χ2v) is 26.2. The Balaban J connectivity index is 6.10. The molecule has 0 heterocycles. The van der Waals surface area contributed by atoms with Crippen LogP contribution in [-0.4, -0.2) is 173 Å². The second-order valence-electron chi connectivity index (χ2n) is 26.2. The lowest BCUT2D eigenvalue weighted by Crippen LogP contribution is -2.54.